The zero-order valence-corrected chi connectivity index (χ0v) is 10.9. The molecule has 0 aliphatic carbocycles. The Kier molecular flexibility index (Phi) is 3.28. The second-order valence-corrected chi connectivity index (χ2v) is 4.77. The van der Waals surface area contributed by atoms with Gasteiger partial charge in [-0.1, -0.05) is 5.16 Å². The van der Waals surface area contributed by atoms with Crippen LogP contribution in [0.1, 0.15) is 27.4 Å². The predicted octanol–water partition coefficient (Wildman–Crippen LogP) is 2.63. The van der Waals surface area contributed by atoms with Crippen molar-refractivity contribution in [3.05, 3.63) is 39.4 Å². The zero-order chi connectivity index (χ0) is 12.4. The highest BCUT2D eigenvalue weighted by molar-refractivity contribution is 7.07. The molecule has 0 saturated carbocycles. The maximum atomic E-state index is 12.2. The highest BCUT2D eigenvalue weighted by Gasteiger charge is 2.20. The van der Waals surface area contributed by atoms with E-state index in [0.29, 0.717) is 23.6 Å². The number of thiophene rings is 1. The maximum absolute atomic E-state index is 12.2. The van der Waals surface area contributed by atoms with E-state index in [1.807, 2.05) is 16.8 Å². The molecule has 2 heterocycles. The third kappa shape index (κ3) is 2.39. The van der Waals surface area contributed by atoms with Crippen LogP contribution in [0.25, 0.3) is 0 Å². The summed E-state index contributed by atoms with van der Waals surface area (Å²) >= 11 is 1.63. The summed E-state index contributed by atoms with van der Waals surface area (Å²) in [5.41, 5.74) is 2.35. The van der Waals surface area contributed by atoms with E-state index in [1.165, 1.54) is 0 Å². The number of aryl methyl sites for hydroxylation is 2. The lowest BCUT2D eigenvalue weighted by Crippen LogP contribution is -2.26. The van der Waals surface area contributed by atoms with Crippen LogP contribution in [0.4, 0.5) is 0 Å². The fraction of sp³-hybridized carbons (Fsp3) is 0.333. The number of aromatic nitrogens is 1. The van der Waals surface area contributed by atoms with E-state index < -0.39 is 0 Å². The van der Waals surface area contributed by atoms with Crippen LogP contribution in [0, 0.1) is 13.8 Å². The predicted molar refractivity (Wildman–Crippen MR) is 66.1 cm³/mol. The minimum atomic E-state index is -0.0487. The van der Waals surface area contributed by atoms with E-state index >= 15 is 0 Å². The first-order valence-corrected chi connectivity index (χ1v) is 6.23. The van der Waals surface area contributed by atoms with Crippen molar-refractivity contribution in [2.45, 2.75) is 20.4 Å². The normalized spacial score (nSPS) is 10.5. The van der Waals surface area contributed by atoms with Gasteiger partial charge in [0, 0.05) is 13.6 Å². The molecule has 17 heavy (non-hydrogen) atoms. The van der Waals surface area contributed by atoms with Gasteiger partial charge >= 0.3 is 0 Å². The Labute approximate surface area is 104 Å². The average Bonchev–Trinajstić information content (AvgIpc) is 2.89. The third-order valence-electron chi connectivity index (χ3n) is 2.59. The molecule has 90 valence electrons. The maximum Gasteiger partial charge on any atom is 0.259 e. The van der Waals surface area contributed by atoms with Crippen LogP contribution in [0.3, 0.4) is 0 Å². The molecule has 0 bridgehead atoms. The van der Waals surface area contributed by atoms with Crippen LogP contribution >= 0.6 is 11.3 Å². The van der Waals surface area contributed by atoms with E-state index in [-0.39, 0.29) is 5.91 Å². The van der Waals surface area contributed by atoms with Gasteiger partial charge < -0.3 is 9.42 Å². The SMILES string of the molecule is Cc1noc(C)c1C(=O)N(C)Cc1ccsc1. The molecule has 0 radical (unpaired) electrons. The topological polar surface area (TPSA) is 46.3 Å². The molecule has 0 aromatic carbocycles. The molecular weight excluding hydrogens is 236 g/mol. The molecule has 0 aliphatic heterocycles. The van der Waals surface area contributed by atoms with Crippen LogP contribution in [0.2, 0.25) is 0 Å². The van der Waals surface area contributed by atoms with Crippen LogP contribution < -0.4 is 0 Å². The smallest absolute Gasteiger partial charge is 0.259 e. The molecule has 4 nitrogen and oxygen atoms in total. The zero-order valence-electron chi connectivity index (χ0n) is 10.1. The van der Waals surface area contributed by atoms with Gasteiger partial charge in [0.15, 0.2) is 0 Å². The third-order valence-corrected chi connectivity index (χ3v) is 3.33. The summed E-state index contributed by atoms with van der Waals surface area (Å²) in [7, 11) is 1.78. The van der Waals surface area contributed by atoms with Gasteiger partial charge in [-0.3, -0.25) is 4.79 Å². The Morgan fingerprint density at radius 3 is 2.82 bits per heavy atom. The average molecular weight is 250 g/mol. The molecule has 2 aromatic rings. The molecule has 2 rings (SSSR count). The Bertz CT molecular complexity index is 497. The van der Waals surface area contributed by atoms with Gasteiger partial charge in [0.1, 0.15) is 11.3 Å². The van der Waals surface area contributed by atoms with Gasteiger partial charge in [0.25, 0.3) is 5.91 Å². The molecule has 0 N–H and O–H groups in total. The Hall–Kier alpha value is -1.62. The van der Waals surface area contributed by atoms with Gasteiger partial charge in [-0.15, -0.1) is 0 Å². The first kappa shape index (κ1) is 11.9. The molecule has 0 saturated heterocycles. The fourth-order valence-electron chi connectivity index (χ4n) is 1.71. The highest BCUT2D eigenvalue weighted by atomic mass is 32.1. The largest absolute Gasteiger partial charge is 0.361 e. The Morgan fingerprint density at radius 2 is 2.29 bits per heavy atom. The number of amides is 1. The lowest BCUT2D eigenvalue weighted by molar-refractivity contribution is 0.0783. The quantitative estimate of drug-likeness (QED) is 0.841. The van der Waals surface area contributed by atoms with E-state index in [2.05, 4.69) is 5.16 Å². The number of hydrogen-bond acceptors (Lipinski definition) is 4. The van der Waals surface area contributed by atoms with Gasteiger partial charge in [0.2, 0.25) is 0 Å². The fourth-order valence-corrected chi connectivity index (χ4v) is 2.37. The minimum absolute atomic E-state index is 0.0487. The summed E-state index contributed by atoms with van der Waals surface area (Å²) in [4.78, 5) is 13.9. The number of nitrogens with zero attached hydrogens (tertiary/aromatic N) is 2. The first-order chi connectivity index (χ1) is 8.09. The second kappa shape index (κ2) is 4.71. The monoisotopic (exact) mass is 250 g/mol. The van der Waals surface area contributed by atoms with E-state index in [0.717, 1.165) is 5.56 Å². The molecule has 2 aromatic heterocycles. The Morgan fingerprint density at radius 1 is 1.53 bits per heavy atom. The molecule has 0 atom stereocenters. The van der Waals surface area contributed by atoms with Crippen LogP contribution in [-0.4, -0.2) is 23.0 Å². The van der Waals surface area contributed by atoms with E-state index in [4.69, 9.17) is 4.52 Å². The van der Waals surface area contributed by atoms with Crippen LogP contribution in [-0.2, 0) is 6.54 Å². The summed E-state index contributed by atoms with van der Waals surface area (Å²) in [6.07, 6.45) is 0. The lowest BCUT2D eigenvalue weighted by atomic mass is 10.1. The Balaban J connectivity index is 2.15. The van der Waals surface area contributed by atoms with Crippen LogP contribution in [0.5, 0.6) is 0 Å². The van der Waals surface area contributed by atoms with E-state index in [1.54, 1.807) is 37.1 Å². The first-order valence-electron chi connectivity index (χ1n) is 5.29. The number of rotatable bonds is 3. The molecule has 1 amide bonds. The van der Waals surface area contributed by atoms with Crippen molar-refractivity contribution >= 4 is 17.2 Å². The van der Waals surface area contributed by atoms with Crippen molar-refractivity contribution in [1.29, 1.82) is 0 Å². The van der Waals surface area contributed by atoms with Crippen molar-refractivity contribution in [2.75, 3.05) is 7.05 Å². The molecule has 5 heteroatoms. The molecule has 0 unspecified atom stereocenters. The minimum Gasteiger partial charge on any atom is -0.361 e. The van der Waals surface area contributed by atoms with Crippen molar-refractivity contribution < 1.29 is 9.32 Å². The number of hydrogen-bond donors (Lipinski definition) is 0. The number of carbonyl (C=O) groups is 1. The van der Waals surface area contributed by atoms with Crippen molar-refractivity contribution in [1.82, 2.24) is 10.1 Å². The summed E-state index contributed by atoms with van der Waals surface area (Å²) in [6, 6.07) is 2.02. The van der Waals surface area contributed by atoms with Gasteiger partial charge in [-0.2, -0.15) is 11.3 Å². The summed E-state index contributed by atoms with van der Waals surface area (Å²) in [5, 5.41) is 7.84. The van der Waals surface area contributed by atoms with Crippen molar-refractivity contribution in [2.24, 2.45) is 0 Å². The summed E-state index contributed by atoms with van der Waals surface area (Å²) in [6.45, 7) is 4.14. The lowest BCUT2D eigenvalue weighted by Gasteiger charge is -2.16. The molecule has 0 fully saturated rings. The second-order valence-electron chi connectivity index (χ2n) is 3.99. The standard InChI is InChI=1S/C12H14N2O2S/c1-8-11(9(2)16-13-8)12(15)14(3)6-10-4-5-17-7-10/h4-5,7H,6H2,1-3H3. The highest BCUT2D eigenvalue weighted by Crippen LogP contribution is 2.16. The van der Waals surface area contributed by atoms with Gasteiger partial charge in [-0.25, -0.2) is 0 Å². The van der Waals surface area contributed by atoms with Gasteiger partial charge in [-0.05, 0) is 36.2 Å². The molecular formula is C12H14N2O2S. The van der Waals surface area contributed by atoms with E-state index in [9.17, 15) is 4.79 Å². The summed E-state index contributed by atoms with van der Waals surface area (Å²) < 4.78 is 5.01. The van der Waals surface area contributed by atoms with Gasteiger partial charge in [0.05, 0.1) is 5.69 Å². The molecule has 0 spiro atoms. The summed E-state index contributed by atoms with van der Waals surface area (Å²) in [5.74, 6) is 0.525. The van der Waals surface area contributed by atoms with Crippen molar-refractivity contribution in [3.8, 4) is 0 Å². The molecule has 0 aliphatic rings. The number of carbonyl (C=O) groups excluding carboxylic acids is 1. The van der Waals surface area contributed by atoms with Crippen molar-refractivity contribution in [3.63, 3.8) is 0 Å². The van der Waals surface area contributed by atoms with Crippen LogP contribution in [0.15, 0.2) is 21.3 Å².